The lowest BCUT2D eigenvalue weighted by atomic mass is 10.1. The summed E-state index contributed by atoms with van der Waals surface area (Å²) in [6.07, 6.45) is 2.10. The van der Waals surface area contributed by atoms with Crippen molar-refractivity contribution in [1.82, 2.24) is 19.8 Å². The smallest absolute Gasteiger partial charge is 0.410 e. The third-order valence-corrected chi connectivity index (χ3v) is 5.07. The average molecular weight is 427 g/mol. The molecular formula is C24H34N4O3. The fourth-order valence-corrected chi connectivity index (χ4v) is 3.60. The summed E-state index contributed by atoms with van der Waals surface area (Å²) in [4.78, 5) is 25.0. The van der Waals surface area contributed by atoms with E-state index in [0.717, 1.165) is 37.3 Å². The molecule has 0 radical (unpaired) electrons. The Labute approximate surface area is 185 Å². The van der Waals surface area contributed by atoms with Gasteiger partial charge in [0.05, 0.1) is 18.8 Å². The van der Waals surface area contributed by atoms with Crippen LogP contribution in [0.3, 0.4) is 0 Å². The molecule has 1 amide bonds. The van der Waals surface area contributed by atoms with Crippen molar-refractivity contribution in [3.63, 3.8) is 0 Å². The molecule has 0 bridgehead atoms. The molecule has 7 nitrogen and oxygen atoms in total. The second-order valence-electron chi connectivity index (χ2n) is 8.68. The molecule has 31 heavy (non-hydrogen) atoms. The Kier molecular flexibility index (Phi) is 7.49. The summed E-state index contributed by atoms with van der Waals surface area (Å²) in [5.74, 6) is 0.640. The van der Waals surface area contributed by atoms with Gasteiger partial charge in [-0.1, -0.05) is 44.2 Å². The van der Waals surface area contributed by atoms with Crippen LogP contribution in [0.25, 0.3) is 0 Å². The van der Waals surface area contributed by atoms with Gasteiger partial charge in [0, 0.05) is 31.6 Å². The van der Waals surface area contributed by atoms with Crippen LogP contribution in [0.4, 0.5) is 4.79 Å². The number of carbonyl (C=O) groups is 1. The number of nitrogens with zero attached hydrogens (tertiary/aromatic N) is 4. The highest BCUT2D eigenvalue weighted by molar-refractivity contribution is 5.69. The van der Waals surface area contributed by atoms with E-state index >= 15 is 0 Å². The van der Waals surface area contributed by atoms with Crippen molar-refractivity contribution in [3.05, 3.63) is 53.5 Å². The minimum absolute atomic E-state index is 0.0639. The Hall–Kier alpha value is -2.67. The van der Waals surface area contributed by atoms with E-state index in [9.17, 15) is 4.79 Å². The Morgan fingerprint density at radius 1 is 1.13 bits per heavy atom. The molecular weight excluding hydrogens is 392 g/mol. The molecule has 7 heteroatoms. The van der Waals surface area contributed by atoms with Crippen LogP contribution in [0.2, 0.25) is 0 Å². The number of amides is 1. The first-order valence-electron chi connectivity index (χ1n) is 11.1. The molecule has 2 aliphatic rings. The Morgan fingerprint density at radius 3 is 2.52 bits per heavy atom. The van der Waals surface area contributed by atoms with Crippen molar-refractivity contribution < 1.29 is 14.3 Å². The minimum Gasteiger partial charge on any atom is -0.470 e. The van der Waals surface area contributed by atoms with E-state index in [0.29, 0.717) is 19.0 Å². The van der Waals surface area contributed by atoms with Crippen molar-refractivity contribution in [3.8, 4) is 5.88 Å². The molecule has 1 aromatic carbocycles. The van der Waals surface area contributed by atoms with Gasteiger partial charge in [-0.15, -0.1) is 0 Å². The second kappa shape index (κ2) is 10.1. The summed E-state index contributed by atoms with van der Waals surface area (Å²) < 4.78 is 11.5. The zero-order valence-electron chi connectivity index (χ0n) is 19.3. The lowest BCUT2D eigenvalue weighted by Gasteiger charge is -2.39. The van der Waals surface area contributed by atoms with Crippen LogP contribution in [0.1, 0.15) is 51.4 Å². The van der Waals surface area contributed by atoms with E-state index in [1.807, 2.05) is 40.7 Å². The summed E-state index contributed by atoms with van der Waals surface area (Å²) in [5, 5.41) is 0. The second-order valence-corrected chi connectivity index (χ2v) is 8.68. The van der Waals surface area contributed by atoms with Crippen LogP contribution in [0.5, 0.6) is 5.88 Å². The third kappa shape index (κ3) is 6.17. The average Bonchev–Trinajstić information content (AvgIpc) is 2.71. The Morgan fingerprint density at radius 2 is 1.84 bits per heavy atom. The number of rotatable bonds is 4. The van der Waals surface area contributed by atoms with Gasteiger partial charge in [0.1, 0.15) is 18.0 Å². The molecule has 0 spiro atoms. The minimum atomic E-state index is -0.489. The molecule has 0 atom stereocenters. The van der Waals surface area contributed by atoms with Crippen molar-refractivity contribution in [2.75, 3.05) is 19.6 Å². The van der Waals surface area contributed by atoms with Crippen LogP contribution in [0.15, 0.2) is 36.7 Å². The summed E-state index contributed by atoms with van der Waals surface area (Å²) in [5.41, 5.74) is 2.92. The molecule has 1 saturated heterocycles. The molecule has 0 aliphatic carbocycles. The highest BCUT2D eigenvalue weighted by Gasteiger charge is 2.36. The number of carbonyl (C=O) groups excluding carboxylic acids is 1. The van der Waals surface area contributed by atoms with Gasteiger partial charge in [-0.25, -0.2) is 14.8 Å². The van der Waals surface area contributed by atoms with Gasteiger partial charge in [0.2, 0.25) is 5.88 Å². The van der Waals surface area contributed by atoms with Crippen molar-refractivity contribution in [2.24, 2.45) is 0 Å². The first-order chi connectivity index (χ1) is 14.9. The topological polar surface area (TPSA) is 67.8 Å². The van der Waals surface area contributed by atoms with Gasteiger partial charge in [0.25, 0.3) is 0 Å². The van der Waals surface area contributed by atoms with Crippen molar-refractivity contribution in [2.45, 2.75) is 65.8 Å². The predicted octanol–water partition coefficient (Wildman–Crippen LogP) is 4.06. The van der Waals surface area contributed by atoms with E-state index in [1.54, 1.807) is 11.2 Å². The molecule has 1 fully saturated rings. The quantitative estimate of drug-likeness (QED) is 0.734. The van der Waals surface area contributed by atoms with Gasteiger partial charge in [-0.2, -0.15) is 0 Å². The molecule has 1 aromatic heterocycles. The summed E-state index contributed by atoms with van der Waals surface area (Å²) in [6, 6.07) is 10.5. The number of benzene rings is 1. The normalized spacial score (nSPS) is 16.5. The van der Waals surface area contributed by atoms with E-state index in [2.05, 4.69) is 39.1 Å². The van der Waals surface area contributed by atoms with E-state index in [1.165, 1.54) is 5.56 Å². The van der Waals surface area contributed by atoms with Crippen LogP contribution >= 0.6 is 0 Å². The maximum atomic E-state index is 12.1. The number of fused-ring (bicyclic) bond motifs is 1. The molecule has 3 heterocycles. The number of ether oxygens (including phenoxy) is 2. The largest absolute Gasteiger partial charge is 0.470 e. The first-order valence-corrected chi connectivity index (χ1v) is 11.1. The molecule has 0 unspecified atom stereocenters. The number of likely N-dealkylation sites (tertiary alicyclic amines) is 1. The van der Waals surface area contributed by atoms with Gasteiger partial charge in [-0.3, -0.25) is 4.90 Å². The van der Waals surface area contributed by atoms with Crippen LogP contribution in [0, 0.1) is 0 Å². The van der Waals surface area contributed by atoms with Crippen LogP contribution in [-0.2, 0) is 24.2 Å². The van der Waals surface area contributed by atoms with Crippen LogP contribution < -0.4 is 4.74 Å². The van der Waals surface area contributed by atoms with E-state index in [4.69, 9.17) is 9.47 Å². The Balaban J connectivity index is 0.00000132. The number of hydrogen-bond acceptors (Lipinski definition) is 6. The number of aromatic nitrogens is 2. The standard InChI is InChI=1S/C22H28N4O3.C2H6/c1-22(2,3)29-21(27)26-12-17(13-26)28-20-18-14-25(10-9-19(18)23-15-24-20)11-16-7-5-4-6-8-16;1-2/h4-8,15,17H,9-14H2,1-3H3;1-2H3. The zero-order valence-corrected chi connectivity index (χ0v) is 19.3. The monoisotopic (exact) mass is 426 g/mol. The fourth-order valence-electron chi connectivity index (χ4n) is 3.60. The maximum absolute atomic E-state index is 12.1. The SMILES string of the molecule is CC.CC(C)(C)OC(=O)N1CC(Oc2ncnc3c2CN(Cc2ccccc2)CC3)C1. The van der Waals surface area contributed by atoms with E-state index < -0.39 is 5.60 Å². The van der Waals surface area contributed by atoms with Crippen molar-refractivity contribution in [1.29, 1.82) is 0 Å². The molecule has 168 valence electrons. The highest BCUT2D eigenvalue weighted by atomic mass is 16.6. The molecule has 4 rings (SSSR count). The van der Waals surface area contributed by atoms with Gasteiger partial charge >= 0.3 is 6.09 Å². The van der Waals surface area contributed by atoms with E-state index in [-0.39, 0.29) is 12.2 Å². The lowest BCUT2D eigenvalue weighted by molar-refractivity contribution is -0.0237. The number of hydrogen-bond donors (Lipinski definition) is 0. The van der Waals surface area contributed by atoms with Crippen LogP contribution in [-0.4, -0.2) is 57.2 Å². The zero-order chi connectivity index (χ0) is 22.4. The molecule has 0 saturated carbocycles. The first kappa shape index (κ1) is 23.0. The summed E-state index contributed by atoms with van der Waals surface area (Å²) in [7, 11) is 0. The van der Waals surface area contributed by atoms with Gasteiger partial charge in [0.15, 0.2) is 0 Å². The highest BCUT2D eigenvalue weighted by Crippen LogP contribution is 2.28. The lowest BCUT2D eigenvalue weighted by Crippen LogP contribution is -2.57. The summed E-state index contributed by atoms with van der Waals surface area (Å²) >= 11 is 0. The van der Waals surface area contributed by atoms with Crippen molar-refractivity contribution >= 4 is 6.09 Å². The summed E-state index contributed by atoms with van der Waals surface area (Å²) in [6.45, 7) is 13.3. The molecule has 2 aliphatic heterocycles. The maximum Gasteiger partial charge on any atom is 0.410 e. The molecule has 0 N–H and O–H groups in total. The Bertz CT molecular complexity index is 861. The third-order valence-electron chi connectivity index (χ3n) is 5.07. The predicted molar refractivity (Wildman–Crippen MR) is 120 cm³/mol. The van der Waals surface area contributed by atoms with Gasteiger partial charge < -0.3 is 14.4 Å². The fraction of sp³-hybridized carbons (Fsp3) is 0.542. The molecule has 2 aromatic rings. The van der Waals surface area contributed by atoms with Gasteiger partial charge in [-0.05, 0) is 26.3 Å².